The quantitative estimate of drug-likeness (QED) is 0.766. The van der Waals surface area contributed by atoms with Gasteiger partial charge in [0.2, 0.25) is 11.8 Å². The Morgan fingerprint density at radius 2 is 2.04 bits per heavy atom. The number of aryl methyl sites for hydroxylation is 1. The summed E-state index contributed by atoms with van der Waals surface area (Å²) in [5.74, 6) is -1.81. The van der Waals surface area contributed by atoms with E-state index in [0.717, 1.165) is 6.07 Å². The molecule has 1 unspecified atom stereocenters. The van der Waals surface area contributed by atoms with Crippen molar-refractivity contribution in [3.05, 3.63) is 58.8 Å². The van der Waals surface area contributed by atoms with Gasteiger partial charge in [-0.2, -0.15) is 9.78 Å². The summed E-state index contributed by atoms with van der Waals surface area (Å²) in [5.41, 5.74) is 1.32. The number of rotatable bonds is 3. The molecule has 138 valence electrons. The minimum absolute atomic E-state index is 0.00576. The lowest BCUT2D eigenvalue weighted by Crippen LogP contribution is -2.25. The summed E-state index contributed by atoms with van der Waals surface area (Å²) in [5, 5.41) is 15.1. The lowest BCUT2D eigenvalue weighted by Gasteiger charge is -2.24. The Morgan fingerprint density at radius 1 is 1.22 bits per heavy atom. The third-order valence-corrected chi connectivity index (χ3v) is 4.51. The molecule has 1 aliphatic heterocycles. The van der Waals surface area contributed by atoms with Crippen molar-refractivity contribution < 1.29 is 18.3 Å². The van der Waals surface area contributed by atoms with Gasteiger partial charge in [-0.25, -0.2) is 8.78 Å². The molecule has 0 aliphatic carbocycles. The van der Waals surface area contributed by atoms with Crippen molar-refractivity contribution in [2.45, 2.75) is 19.3 Å². The highest BCUT2D eigenvalue weighted by atomic mass is 19.2. The Labute approximate surface area is 153 Å². The summed E-state index contributed by atoms with van der Waals surface area (Å²) >= 11 is 0. The van der Waals surface area contributed by atoms with Crippen LogP contribution in [0.25, 0.3) is 5.82 Å². The fraction of sp³-hybridized carbons (Fsp3) is 0.222. The largest absolute Gasteiger partial charge is 0.480 e. The molecular weight excluding hydrogens is 356 g/mol. The molecule has 3 aromatic rings. The highest BCUT2D eigenvalue weighted by molar-refractivity contribution is 5.95. The number of aromatic nitrogens is 4. The summed E-state index contributed by atoms with van der Waals surface area (Å²) in [7, 11) is 1.47. The van der Waals surface area contributed by atoms with E-state index in [1.165, 1.54) is 23.9 Å². The van der Waals surface area contributed by atoms with E-state index in [9.17, 15) is 13.6 Å². The summed E-state index contributed by atoms with van der Waals surface area (Å²) < 4.78 is 34.5. The molecule has 1 N–H and O–H groups in total. The van der Waals surface area contributed by atoms with Crippen molar-refractivity contribution in [1.29, 1.82) is 0 Å². The van der Waals surface area contributed by atoms with Gasteiger partial charge in [0.1, 0.15) is 5.82 Å². The normalized spacial score (nSPS) is 16.0. The van der Waals surface area contributed by atoms with E-state index < -0.39 is 17.6 Å². The molecule has 0 saturated carbocycles. The molecule has 27 heavy (non-hydrogen) atoms. The number of halogens is 2. The number of nitrogens with zero attached hydrogens (tertiary/aromatic N) is 4. The third kappa shape index (κ3) is 2.80. The van der Waals surface area contributed by atoms with Gasteiger partial charge in [0.05, 0.1) is 12.8 Å². The van der Waals surface area contributed by atoms with E-state index in [1.54, 1.807) is 19.1 Å². The maximum atomic E-state index is 14.4. The van der Waals surface area contributed by atoms with Gasteiger partial charge in [-0.15, -0.1) is 10.2 Å². The van der Waals surface area contributed by atoms with Crippen molar-refractivity contribution in [3.63, 3.8) is 0 Å². The van der Waals surface area contributed by atoms with Crippen LogP contribution in [0.2, 0.25) is 0 Å². The highest BCUT2D eigenvalue weighted by Gasteiger charge is 2.34. The Morgan fingerprint density at radius 3 is 2.74 bits per heavy atom. The molecule has 1 atom stereocenters. The van der Waals surface area contributed by atoms with Gasteiger partial charge in [-0.3, -0.25) is 4.79 Å². The second-order valence-electron chi connectivity index (χ2n) is 6.14. The van der Waals surface area contributed by atoms with Crippen molar-refractivity contribution >= 4 is 11.7 Å². The number of anilines is 1. The molecule has 4 rings (SSSR count). The summed E-state index contributed by atoms with van der Waals surface area (Å²) in [4.78, 5) is 12.3. The van der Waals surface area contributed by atoms with E-state index in [4.69, 9.17) is 4.74 Å². The average Bonchev–Trinajstić information content (AvgIpc) is 3.00. The van der Waals surface area contributed by atoms with Crippen LogP contribution in [-0.2, 0) is 4.79 Å². The molecule has 0 radical (unpaired) electrons. The number of hydrogen-bond acceptors (Lipinski definition) is 5. The van der Waals surface area contributed by atoms with E-state index in [2.05, 4.69) is 20.6 Å². The predicted octanol–water partition coefficient (Wildman–Crippen LogP) is 2.73. The molecule has 2 aromatic heterocycles. The monoisotopic (exact) mass is 371 g/mol. The summed E-state index contributed by atoms with van der Waals surface area (Å²) in [6.07, 6.45) is -0.00576. The Hall–Kier alpha value is -3.36. The Bertz CT molecular complexity index is 1030. The van der Waals surface area contributed by atoms with Gasteiger partial charge in [0.15, 0.2) is 17.5 Å². The first-order valence-corrected chi connectivity index (χ1v) is 8.21. The molecule has 0 saturated heterocycles. The first-order valence-electron chi connectivity index (χ1n) is 8.21. The molecule has 1 aromatic carbocycles. The van der Waals surface area contributed by atoms with Crippen LogP contribution < -0.4 is 10.1 Å². The van der Waals surface area contributed by atoms with E-state index in [0.29, 0.717) is 28.8 Å². The third-order valence-electron chi connectivity index (χ3n) is 4.51. The summed E-state index contributed by atoms with van der Waals surface area (Å²) in [6, 6.07) is 7.20. The number of hydrogen-bond donors (Lipinski definition) is 1. The number of fused-ring (bicyclic) bond motifs is 1. The topological polar surface area (TPSA) is 81.9 Å². The number of ether oxygens (including phenoxy) is 1. The van der Waals surface area contributed by atoms with Crippen molar-refractivity contribution in [2.24, 2.45) is 0 Å². The van der Waals surface area contributed by atoms with Crippen LogP contribution in [-0.4, -0.2) is 33.0 Å². The smallest absolute Gasteiger partial charge is 0.233 e. The zero-order chi connectivity index (χ0) is 19.1. The Balaban J connectivity index is 1.87. The fourth-order valence-electron chi connectivity index (χ4n) is 3.30. The lowest BCUT2D eigenvalue weighted by molar-refractivity contribution is -0.116. The second-order valence-corrected chi connectivity index (χ2v) is 6.14. The van der Waals surface area contributed by atoms with Crippen LogP contribution in [0, 0.1) is 18.6 Å². The number of methoxy groups -OCH3 is 1. The molecule has 9 heteroatoms. The minimum Gasteiger partial charge on any atom is -0.480 e. The van der Waals surface area contributed by atoms with Crippen molar-refractivity contribution in [3.8, 4) is 11.7 Å². The van der Waals surface area contributed by atoms with Crippen LogP contribution in [0.1, 0.15) is 29.2 Å². The maximum Gasteiger partial charge on any atom is 0.233 e. The van der Waals surface area contributed by atoms with Crippen LogP contribution >= 0.6 is 0 Å². The van der Waals surface area contributed by atoms with Gasteiger partial charge in [0.25, 0.3) is 0 Å². The number of amides is 1. The Kier molecular flexibility index (Phi) is 4.06. The molecular formula is C18H15F2N5O2. The van der Waals surface area contributed by atoms with Crippen LogP contribution in [0.15, 0.2) is 30.3 Å². The number of carbonyl (C=O) groups is 1. The van der Waals surface area contributed by atoms with Gasteiger partial charge in [-0.05, 0) is 24.6 Å². The number of benzene rings is 1. The number of carbonyl (C=O) groups excluding carboxylic acids is 1. The number of nitrogens with one attached hydrogen (secondary N) is 1. The van der Waals surface area contributed by atoms with Crippen molar-refractivity contribution in [2.75, 3.05) is 12.4 Å². The van der Waals surface area contributed by atoms with Crippen LogP contribution in [0.5, 0.6) is 5.88 Å². The first-order chi connectivity index (χ1) is 13.0. The standard InChI is InChI=1S/C18H15F2N5O2/c1-9-16-11(10-4-3-5-12(19)17(10)20)8-14(26)21-18(16)25(24-9)13-6-7-15(27-2)23-22-13/h3-7,11H,8H2,1-2H3,(H,21,26). The summed E-state index contributed by atoms with van der Waals surface area (Å²) in [6.45, 7) is 1.74. The van der Waals surface area contributed by atoms with Gasteiger partial charge < -0.3 is 10.1 Å². The predicted molar refractivity (Wildman–Crippen MR) is 91.9 cm³/mol. The highest BCUT2D eigenvalue weighted by Crippen LogP contribution is 2.41. The zero-order valence-electron chi connectivity index (χ0n) is 14.5. The van der Waals surface area contributed by atoms with Gasteiger partial charge in [-0.1, -0.05) is 12.1 Å². The molecule has 0 spiro atoms. The van der Waals surface area contributed by atoms with Crippen LogP contribution in [0.4, 0.5) is 14.6 Å². The molecule has 0 bridgehead atoms. The van der Waals surface area contributed by atoms with E-state index in [-0.39, 0.29) is 17.9 Å². The molecule has 1 aliphatic rings. The van der Waals surface area contributed by atoms with Gasteiger partial charge in [0, 0.05) is 24.0 Å². The average molecular weight is 371 g/mol. The lowest BCUT2D eigenvalue weighted by atomic mass is 9.85. The van der Waals surface area contributed by atoms with E-state index in [1.807, 2.05) is 0 Å². The maximum absolute atomic E-state index is 14.4. The van der Waals surface area contributed by atoms with E-state index >= 15 is 0 Å². The first kappa shape index (κ1) is 17.1. The minimum atomic E-state index is -0.959. The molecule has 3 heterocycles. The second kappa shape index (κ2) is 6.42. The molecule has 7 nitrogen and oxygen atoms in total. The molecule has 1 amide bonds. The van der Waals surface area contributed by atoms with Crippen molar-refractivity contribution in [1.82, 2.24) is 20.0 Å². The van der Waals surface area contributed by atoms with Crippen LogP contribution in [0.3, 0.4) is 0 Å². The SMILES string of the molecule is COc1ccc(-n2nc(C)c3c2NC(=O)CC3c2cccc(F)c2F)nn1. The molecule has 0 fully saturated rings. The fourth-order valence-corrected chi connectivity index (χ4v) is 3.30. The van der Waals surface area contributed by atoms with Gasteiger partial charge >= 0.3 is 0 Å². The zero-order valence-corrected chi connectivity index (χ0v) is 14.5.